The number of hydrogen-bond acceptors (Lipinski definition) is 5. The zero-order chi connectivity index (χ0) is 16.6. The molecule has 0 fully saturated rings. The molecule has 23 heavy (non-hydrogen) atoms. The van der Waals surface area contributed by atoms with Crippen LogP contribution in [0.1, 0.15) is 0 Å². The van der Waals surface area contributed by atoms with E-state index in [1.807, 2.05) is 18.2 Å². The van der Waals surface area contributed by atoms with Crippen molar-refractivity contribution in [2.45, 2.75) is 6.04 Å². The van der Waals surface area contributed by atoms with Crippen LogP contribution in [0.2, 0.25) is 0 Å². The van der Waals surface area contributed by atoms with Gasteiger partial charge in [0.15, 0.2) is 6.04 Å². The van der Waals surface area contributed by atoms with Gasteiger partial charge in [-0.2, -0.15) is 0 Å². The van der Waals surface area contributed by atoms with Gasteiger partial charge >= 0.3 is 5.97 Å². The molecule has 2 atom stereocenters. The van der Waals surface area contributed by atoms with Crippen LogP contribution in [0, 0.1) is 0 Å². The highest BCUT2D eigenvalue weighted by atomic mass is 32.2. The molecule has 1 aromatic heterocycles. The number of para-hydroxylation sites is 1. The van der Waals surface area contributed by atoms with Gasteiger partial charge in [0.2, 0.25) is 0 Å². The Labute approximate surface area is 133 Å². The van der Waals surface area contributed by atoms with Crippen molar-refractivity contribution in [1.29, 1.82) is 0 Å². The zero-order valence-electron chi connectivity index (χ0n) is 11.7. The molecule has 0 amide bonds. The Kier molecular flexibility index (Phi) is 4.03. The van der Waals surface area contributed by atoms with Crippen LogP contribution in [0.4, 0.5) is 5.69 Å². The van der Waals surface area contributed by atoms with E-state index in [-0.39, 0.29) is 5.69 Å². The molecule has 1 heterocycles. The van der Waals surface area contributed by atoms with Gasteiger partial charge < -0.3 is 19.2 Å². The minimum absolute atomic E-state index is 0.138. The van der Waals surface area contributed by atoms with Crippen LogP contribution in [0.25, 0.3) is 21.9 Å². The fraction of sp³-hybridized carbons (Fsp3) is 0.133. The van der Waals surface area contributed by atoms with Crippen molar-refractivity contribution in [2.24, 2.45) is 0 Å². The van der Waals surface area contributed by atoms with Gasteiger partial charge in [0, 0.05) is 22.0 Å². The van der Waals surface area contributed by atoms with Crippen molar-refractivity contribution in [1.82, 2.24) is 0 Å². The Morgan fingerprint density at radius 3 is 2.57 bits per heavy atom. The molecule has 0 aliphatic rings. The number of carboxylic acid groups (broad SMARTS) is 1. The molecule has 120 valence electrons. The first kappa shape index (κ1) is 15.5. The smallest absolute Gasteiger partial charge is 0.329 e. The van der Waals surface area contributed by atoms with Crippen LogP contribution in [0.15, 0.2) is 46.9 Å². The highest BCUT2D eigenvalue weighted by Gasteiger charge is 2.27. The standard InChI is InChI=1S/C15H13NO6S/c17-8-12(15(18)19)16(23(20)21)9-5-6-14-11(7-9)10-3-1-2-4-13(10)22-14/h1-7,12,17H,8H2,(H,18,19)(H,20,21)/p-1. The maximum Gasteiger partial charge on any atom is 0.329 e. The number of rotatable bonds is 5. The van der Waals surface area contributed by atoms with E-state index < -0.39 is 29.9 Å². The van der Waals surface area contributed by atoms with Gasteiger partial charge in [-0.3, -0.25) is 8.51 Å². The van der Waals surface area contributed by atoms with E-state index in [9.17, 15) is 18.7 Å². The van der Waals surface area contributed by atoms with Gasteiger partial charge in [-0.05, 0) is 24.3 Å². The second kappa shape index (κ2) is 5.99. The lowest BCUT2D eigenvalue weighted by Gasteiger charge is -2.30. The molecule has 3 aromatic rings. The molecule has 7 nitrogen and oxygen atoms in total. The van der Waals surface area contributed by atoms with Crippen LogP contribution in [0.3, 0.4) is 0 Å². The van der Waals surface area contributed by atoms with Gasteiger partial charge in [-0.1, -0.05) is 18.2 Å². The molecule has 0 radical (unpaired) electrons. The average Bonchev–Trinajstić information content (AvgIpc) is 2.89. The number of carboxylic acids is 1. The van der Waals surface area contributed by atoms with Gasteiger partial charge in [-0.15, -0.1) is 0 Å². The number of aliphatic carboxylic acids is 1. The summed E-state index contributed by atoms with van der Waals surface area (Å²) in [6, 6.07) is 10.2. The summed E-state index contributed by atoms with van der Waals surface area (Å²) in [5.74, 6) is -1.44. The number of hydrogen-bond donors (Lipinski definition) is 2. The second-order valence-corrected chi connectivity index (χ2v) is 5.69. The van der Waals surface area contributed by atoms with Crippen molar-refractivity contribution in [2.75, 3.05) is 10.9 Å². The molecule has 0 saturated carbocycles. The lowest BCUT2D eigenvalue weighted by Crippen LogP contribution is -2.45. The number of anilines is 1. The van der Waals surface area contributed by atoms with Crippen molar-refractivity contribution in [3.8, 4) is 0 Å². The molecule has 0 saturated heterocycles. The zero-order valence-corrected chi connectivity index (χ0v) is 12.5. The van der Waals surface area contributed by atoms with Crippen LogP contribution >= 0.6 is 0 Å². The van der Waals surface area contributed by atoms with Gasteiger partial charge in [0.25, 0.3) is 0 Å². The van der Waals surface area contributed by atoms with Crippen molar-refractivity contribution >= 4 is 44.9 Å². The first-order chi connectivity index (χ1) is 11.0. The van der Waals surface area contributed by atoms with E-state index in [1.54, 1.807) is 12.1 Å². The number of furan rings is 1. The van der Waals surface area contributed by atoms with E-state index in [2.05, 4.69) is 0 Å². The van der Waals surface area contributed by atoms with Crippen LogP contribution in [-0.4, -0.2) is 37.6 Å². The minimum atomic E-state index is -2.86. The summed E-state index contributed by atoms with van der Waals surface area (Å²) in [7, 11) is 0. The summed E-state index contributed by atoms with van der Waals surface area (Å²) < 4.78 is 29.2. The highest BCUT2D eigenvalue weighted by Crippen LogP contribution is 2.32. The Balaban J connectivity index is 2.18. The quantitative estimate of drug-likeness (QED) is 0.686. The van der Waals surface area contributed by atoms with E-state index >= 15 is 0 Å². The largest absolute Gasteiger partial charge is 0.755 e. The number of carbonyl (C=O) groups is 1. The molecule has 0 aliphatic carbocycles. The summed E-state index contributed by atoms with van der Waals surface area (Å²) in [4.78, 5) is 11.2. The lowest BCUT2D eigenvalue weighted by molar-refractivity contribution is -0.139. The normalized spacial score (nSPS) is 14.0. The number of benzene rings is 2. The molecule has 2 N–H and O–H groups in total. The third kappa shape index (κ3) is 2.67. The molecular formula is C15H12NO6S-. The summed E-state index contributed by atoms with van der Waals surface area (Å²) in [6.07, 6.45) is 0. The molecule has 3 rings (SSSR count). The predicted molar refractivity (Wildman–Crippen MR) is 83.6 cm³/mol. The van der Waals surface area contributed by atoms with Crippen molar-refractivity contribution < 1.29 is 28.2 Å². The molecule has 2 unspecified atom stereocenters. The number of aliphatic hydroxyl groups excluding tert-OH is 1. The van der Waals surface area contributed by atoms with Crippen LogP contribution < -0.4 is 4.31 Å². The Hall–Kier alpha value is -2.42. The van der Waals surface area contributed by atoms with E-state index in [0.29, 0.717) is 20.9 Å². The number of nitrogens with zero attached hydrogens (tertiary/aromatic N) is 1. The minimum Gasteiger partial charge on any atom is -0.755 e. The molecule has 0 aliphatic heterocycles. The predicted octanol–water partition coefficient (Wildman–Crippen LogP) is 1.63. The Bertz CT molecular complexity index is 905. The monoisotopic (exact) mass is 334 g/mol. The van der Waals surface area contributed by atoms with Gasteiger partial charge in [-0.25, -0.2) is 4.79 Å². The molecule has 0 spiro atoms. The summed E-state index contributed by atoms with van der Waals surface area (Å²) >= 11 is -2.86. The Morgan fingerprint density at radius 2 is 1.91 bits per heavy atom. The van der Waals surface area contributed by atoms with E-state index in [1.165, 1.54) is 12.1 Å². The second-order valence-electron chi connectivity index (χ2n) is 4.86. The third-order valence-electron chi connectivity index (χ3n) is 3.52. The number of fused-ring (bicyclic) bond motifs is 3. The average molecular weight is 334 g/mol. The number of aliphatic hydroxyl groups is 1. The maximum absolute atomic E-state index is 11.5. The van der Waals surface area contributed by atoms with Crippen LogP contribution in [0.5, 0.6) is 0 Å². The fourth-order valence-corrected chi connectivity index (χ4v) is 3.12. The molecule has 0 bridgehead atoms. The Morgan fingerprint density at radius 1 is 1.22 bits per heavy atom. The topological polar surface area (TPSA) is 114 Å². The third-order valence-corrected chi connectivity index (χ3v) is 4.30. The molecule has 8 heteroatoms. The first-order valence-electron chi connectivity index (χ1n) is 6.66. The van der Waals surface area contributed by atoms with Crippen molar-refractivity contribution in [3.05, 3.63) is 42.5 Å². The van der Waals surface area contributed by atoms with Crippen molar-refractivity contribution in [3.63, 3.8) is 0 Å². The summed E-state index contributed by atoms with van der Waals surface area (Å²) in [6.45, 7) is -0.840. The van der Waals surface area contributed by atoms with Crippen LogP contribution in [-0.2, 0) is 16.1 Å². The molecular weight excluding hydrogens is 322 g/mol. The van der Waals surface area contributed by atoms with E-state index in [4.69, 9.17) is 9.52 Å². The first-order valence-corrected chi connectivity index (χ1v) is 7.69. The highest BCUT2D eigenvalue weighted by molar-refractivity contribution is 7.80. The fourth-order valence-electron chi connectivity index (χ4n) is 2.47. The lowest BCUT2D eigenvalue weighted by atomic mass is 10.1. The van der Waals surface area contributed by atoms with E-state index in [0.717, 1.165) is 5.39 Å². The van der Waals surface area contributed by atoms with Gasteiger partial charge in [0.05, 0.1) is 12.3 Å². The SMILES string of the molecule is O=C(O)C(CO)N(c1ccc2oc3ccccc3c2c1)S(=O)[O-]. The summed E-state index contributed by atoms with van der Waals surface area (Å²) in [5.41, 5.74) is 1.34. The maximum atomic E-state index is 11.5. The summed E-state index contributed by atoms with van der Waals surface area (Å²) in [5, 5.41) is 19.8. The van der Waals surface area contributed by atoms with Gasteiger partial charge in [0.1, 0.15) is 11.2 Å². The molecule has 2 aromatic carbocycles.